The molecule has 0 aliphatic rings. The summed E-state index contributed by atoms with van der Waals surface area (Å²) < 4.78 is 5.07. The number of rotatable bonds is 7. The number of para-hydroxylation sites is 1. The lowest BCUT2D eigenvalue weighted by Crippen LogP contribution is -2.23. The molecule has 0 radical (unpaired) electrons. The van der Waals surface area contributed by atoms with E-state index in [2.05, 4.69) is 37.9 Å². The second-order valence-corrected chi connectivity index (χ2v) is 5.67. The van der Waals surface area contributed by atoms with Crippen LogP contribution in [0.3, 0.4) is 0 Å². The van der Waals surface area contributed by atoms with Crippen molar-refractivity contribution in [2.45, 2.75) is 32.9 Å². The van der Waals surface area contributed by atoms with Crippen molar-refractivity contribution in [2.75, 3.05) is 18.5 Å². The van der Waals surface area contributed by atoms with E-state index >= 15 is 0 Å². The van der Waals surface area contributed by atoms with Crippen molar-refractivity contribution in [2.24, 2.45) is 5.92 Å². The van der Waals surface area contributed by atoms with E-state index in [1.54, 1.807) is 6.92 Å². The van der Waals surface area contributed by atoms with Crippen molar-refractivity contribution < 1.29 is 8.98 Å². The van der Waals surface area contributed by atoms with Gasteiger partial charge in [-0.2, -0.15) is 0 Å². The Morgan fingerprint density at radius 2 is 2.05 bits per heavy atom. The number of nitrogens with zero attached hydrogens (tertiary/aromatic N) is 1. The molecule has 0 fully saturated rings. The van der Waals surface area contributed by atoms with E-state index in [1.807, 2.05) is 12.1 Å². The van der Waals surface area contributed by atoms with Crippen molar-refractivity contribution in [3.05, 3.63) is 29.8 Å². The predicted molar refractivity (Wildman–Crippen MR) is 82.2 cm³/mol. The molecule has 0 heterocycles. The number of carbonyl (C=O) groups excluding carboxylic acids is 1. The predicted octanol–water partition coefficient (Wildman–Crippen LogP) is 3.88. The lowest BCUT2D eigenvalue weighted by atomic mass is 10.1. The molecule has 19 heavy (non-hydrogen) atoms. The van der Waals surface area contributed by atoms with Gasteiger partial charge in [-0.1, -0.05) is 39.0 Å². The van der Waals surface area contributed by atoms with E-state index in [0.717, 1.165) is 6.54 Å². The molecular formula is C15H23NO2S. The fourth-order valence-electron chi connectivity index (χ4n) is 1.87. The molecule has 106 valence electrons. The molecule has 0 aliphatic carbocycles. The largest absolute Gasteiger partial charge is 0.391 e. The topological polar surface area (TPSA) is 29.5 Å². The first-order valence-corrected chi connectivity index (χ1v) is 7.57. The Morgan fingerprint density at radius 1 is 1.37 bits per heavy atom. The van der Waals surface area contributed by atoms with Crippen molar-refractivity contribution in [3.63, 3.8) is 0 Å². The number of anilines is 1. The van der Waals surface area contributed by atoms with Crippen LogP contribution in [0.15, 0.2) is 24.3 Å². The van der Waals surface area contributed by atoms with Crippen LogP contribution in [0.4, 0.5) is 5.69 Å². The summed E-state index contributed by atoms with van der Waals surface area (Å²) in [5.41, 5.74) is 2.40. The number of carbonyl (C=O) groups is 1. The molecule has 0 saturated heterocycles. The zero-order valence-corrected chi connectivity index (χ0v) is 13.0. The van der Waals surface area contributed by atoms with Gasteiger partial charge in [0.2, 0.25) is 0 Å². The first-order valence-electron chi connectivity index (χ1n) is 6.66. The Labute approximate surface area is 120 Å². The molecule has 0 amide bonds. The molecule has 1 aromatic rings. The smallest absolute Gasteiger partial charge is 0.317 e. The van der Waals surface area contributed by atoms with E-state index < -0.39 is 0 Å². The van der Waals surface area contributed by atoms with Crippen LogP contribution in [0.1, 0.15) is 32.8 Å². The Balaban J connectivity index is 2.65. The second-order valence-electron chi connectivity index (χ2n) is 4.97. The fourth-order valence-corrected chi connectivity index (χ4v) is 2.55. The molecule has 0 bridgehead atoms. The minimum Gasteiger partial charge on any atom is -0.391 e. The normalized spacial score (nSPS) is 10.6. The fraction of sp³-hybridized carbons (Fsp3) is 0.533. The van der Waals surface area contributed by atoms with Gasteiger partial charge in [0.25, 0.3) is 0 Å². The molecule has 0 saturated carbocycles. The number of hydrogen-bond acceptors (Lipinski definition) is 4. The SMILES string of the molecule is CCC(=O)OSCc1ccccc1N(C)CC(C)C. The zero-order valence-electron chi connectivity index (χ0n) is 12.2. The van der Waals surface area contributed by atoms with Crippen LogP contribution in [0.2, 0.25) is 0 Å². The lowest BCUT2D eigenvalue weighted by molar-refractivity contribution is -0.132. The molecule has 0 aromatic heterocycles. The first kappa shape index (κ1) is 15.9. The highest BCUT2D eigenvalue weighted by molar-refractivity contribution is 7.94. The monoisotopic (exact) mass is 281 g/mol. The third kappa shape index (κ3) is 5.55. The van der Waals surface area contributed by atoms with Gasteiger partial charge in [-0.25, -0.2) is 0 Å². The van der Waals surface area contributed by atoms with Crippen LogP contribution in [0.25, 0.3) is 0 Å². The average Bonchev–Trinajstić information content (AvgIpc) is 2.38. The quantitative estimate of drug-likeness (QED) is 0.709. The summed E-state index contributed by atoms with van der Waals surface area (Å²) in [6, 6.07) is 8.25. The van der Waals surface area contributed by atoms with Gasteiger partial charge in [-0.05, 0) is 17.5 Å². The molecule has 0 unspecified atom stereocenters. The third-order valence-corrected chi connectivity index (χ3v) is 3.43. The highest BCUT2D eigenvalue weighted by Gasteiger charge is 2.09. The van der Waals surface area contributed by atoms with Gasteiger partial charge in [-0.15, -0.1) is 0 Å². The maximum absolute atomic E-state index is 11.1. The first-order chi connectivity index (χ1) is 9.04. The van der Waals surface area contributed by atoms with Crippen LogP contribution < -0.4 is 4.90 Å². The van der Waals surface area contributed by atoms with Crippen molar-refractivity contribution >= 4 is 23.7 Å². The molecule has 0 aliphatic heterocycles. The molecule has 4 heteroatoms. The molecule has 1 aromatic carbocycles. The molecule has 0 N–H and O–H groups in total. The van der Waals surface area contributed by atoms with Gasteiger partial charge < -0.3 is 9.08 Å². The molecule has 3 nitrogen and oxygen atoms in total. The molecule has 1 rings (SSSR count). The zero-order chi connectivity index (χ0) is 14.3. The van der Waals surface area contributed by atoms with Gasteiger partial charge >= 0.3 is 5.97 Å². The number of hydrogen-bond donors (Lipinski definition) is 0. The average molecular weight is 281 g/mol. The Bertz CT molecular complexity index is 407. The minimum absolute atomic E-state index is 0.169. The van der Waals surface area contributed by atoms with Crippen molar-refractivity contribution in [1.82, 2.24) is 0 Å². The highest BCUT2D eigenvalue weighted by Crippen LogP contribution is 2.25. The van der Waals surface area contributed by atoms with Crippen LogP contribution in [-0.2, 0) is 14.7 Å². The summed E-state index contributed by atoms with van der Waals surface area (Å²) in [6.45, 7) is 7.22. The standard InChI is InChI=1S/C15H23NO2S/c1-5-15(17)18-19-11-13-8-6-7-9-14(13)16(4)10-12(2)3/h6-9,12H,5,10-11H2,1-4H3. The van der Waals surface area contributed by atoms with E-state index in [1.165, 1.54) is 23.3 Å². The maximum atomic E-state index is 11.1. The Kier molecular flexibility index (Phi) is 6.78. The van der Waals surface area contributed by atoms with E-state index in [9.17, 15) is 4.79 Å². The number of benzene rings is 1. The van der Waals surface area contributed by atoms with E-state index in [-0.39, 0.29) is 5.97 Å². The van der Waals surface area contributed by atoms with Gasteiger partial charge in [0, 0.05) is 25.7 Å². The van der Waals surface area contributed by atoms with Crippen molar-refractivity contribution in [1.29, 1.82) is 0 Å². The highest BCUT2D eigenvalue weighted by atomic mass is 32.2. The Morgan fingerprint density at radius 3 is 2.68 bits per heavy atom. The summed E-state index contributed by atoms with van der Waals surface area (Å²) in [5.74, 6) is 1.13. The van der Waals surface area contributed by atoms with Crippen molar-refractivity contribution in [3.8, 4) is 0 Å². The van der Waals surface area contributed by atoms with Gasteiger partial charge in [-0.3, -0.25) is 4.79 Å². The third-order valence-electron chi connectivity index (χ3n) is 2.70. The Hall–Kier alpha value is -1.16. The van der Waals surface area contributed by atoms with Crippen LogP contribution in [-0.4, -0.2) is 19.6 Å². The lowest BCUT2D eigenvalue weighted by Gasteiger charge is -2.24. The van der Waals surface area contributed by atoms with E-state index in [4.69, 9.17) is 4.18 Å². The summed E-state index contributed by atoms with van der Waals surface area (Å²) >= 11 is 1.21. The minimum atomic E-state index is -0.169. The van der Waals surface area contributed by atoms with Crippen LogP contribution >= 0.6 is 12.0 Å². The van der Waals surface area contributed by atoms with Gasteiger partial charge in [0.1, 0.15) is 0 Å². The summed E-state index contributed by atoms with van der Waals surface area (Å²) in [7, 11) is 2.10. The second kappa shape index (κ2) is 8.10. The maximum Gasteiger partial charge on any atom is 0.317 e. The summed E-state index contributed by atoms with van der Waals surface area (Å²) in [4.78, 5) is 13.4. The molecule has 0 spiro atoms. The van der Waals surface area contributed by atoms with Gasteiger partial charge in [0.15, 0.2) is 0 Å². The van der Waals surface area contributed by atoms with E-state index in [0.29, 0.717) is 18.1 Å². The van der Waals surface area contributed by atoms with Crippen LogP contribution in [0.5, 0.6) is 0 Å². The molecular weight excluding hydrogens is 258 g/mol. The summed E-state index contributed by atoms with van der Waals surface area (Å²) in [5, 5.41) is 0. The van der Waals surface area contributed by atoms with Crippen LogP contribution in [0, 0.1) is 5.92 Å². The van der Waals surface area contributed by atoms with Gasteiger partial charge in [0.05, 0.1) is 17.8 Å². The summed E-state index contributed by atoms with van der Waals surface area (Å²) in [6.07, 6.45) is 0.419. The molecule has 0 atom stereocenters.